The van der Waals surface area contributed by atoms with Crippen molar-refractivity contribution in [2.24, 2.45) is 0 Å². The van der Waals surface area contributed by atoms with Gasteiger partial charge in [-0.25, -0.2) is 14.8 Å². The van der Waals surface area contributed by atoms with Crippen molar-refractivity contribution in [3.8, 4) is 34.3 Å². The second kappa shape index (κ2) is 8.87. The molecule has 10 nitrogen and oxygen atoms in total. The number of nitrogen functional groups attached to an aromatic ring is 1. The van der Waals surface area contributed by atoms with Gasteiger partial charge in [-0.05, 0) is 30.3 Å². The fourth-order valence-electron chi connectivity index (χ4n) is 3.07. The molecule has 0 spiro atoms. The molecule has 0 aliphatic heterocycles. The van der Waals surface area contributed by atoms with Crippen LogP contribution in [-0.4, -0.2) is 58.1 Å². The third kappa shape index (κ3) is 4.40. The van der Waals surface area contributed by atoms with E-state index in [-0.39, 0.29) is 29.2 Å². The lowest BCUT2D eigenvalue weighted by Crippen LogP contribution is -2.21. The number of aromatic nitrogens is 4. The van der Waals surface area contributed by atoms with Gasteiger partial charge < -0.3 is 19.8 Å². The molecule has 2 heterocycles. The minimum atomic E-state index is -0.474. The van der Waals surface area contributed by atoms with Gasteiger partial charge in [0, 0.05) is 30.8 Å². The monoisotopic (exact) mass is 444 g/mol. The molecule has 4 rings (SSSR count). The van der Waals surface area contributed by atoms with Crippen molar-refractivity contribution in [3.05, 3.63) is 65.9 Å². The molecule has 0 saturated heterocycles. The van der Waals surface area contributed by atoms with Gasteiger partial charge in [0.15, 0.2) is 11.5 Å². The molecule has 2 N–H and O–H groups in total. The average Bonchev–Trinajstić information content (AvgIpc) is 3.33. The maximum absolute atomic E-state index is 12.1. The van der Waals surface area contributed by atoms with Crippen LogP contribution in [0.3, 0.4) is 0 Å². The normalized spacial score (nSPS) is 10.6. The zero-order chi connectivity index (χ0) is 23.5. The van der Waals surface area contributed by atoms with Crippen LogP contribution >= 0.6 is 0 Å². The first-order chi connectivity index (χ1) is 15.9. The van der Waals surface area contributed by atoms with E-state index in [4.69, 9.17) is 14.9 Å². The van der Waals surface area contributed by atoms with E-state index < -0.39 is 5.97 Å². The molecular weight excluding hydrogens is 424 g/mol. The highest BCUT2D eigenvalue weighted by atomic mass is 16.5. The van der Waals surface area contributed by atoms with Crippen LogP contribution < -0.4 is 5.73 Å². The summed E-state index contributed by atoms with van der Waals surface area (Å²) in [4.78, 5) is 34.1. The molecule has 33 heavy (non-hydrogen) atoms. The number of hydrogen-bond donors (Lipinski definition) is 1. The second-order valence-corrected chi connectivity index (χ2v) is 7.25. The van der Waals surface area contributed by atoms with Crippen LogP contribution in [0, 0.1) is 0 Å². The summed E-state index contributed by atoms with van der Waals surface area (Å²) >= 11 is 0. The Morgan fingerprint density at radius 1 is 0.970 bits per heavy atom. The van der Waals surface area contributed by atoms with Crippen molar-refractivity contribution in [2.75, 3.05) is 26.9 Å². The van der Waals surface area contributed by atoms with Gasteiger partial charge in [-0.15, -0.1) is 10.2 Å². The zero-order valence-corrected chi connectivity index (χ0v) is 18.1. The van der Waals surface area contributed by atoms with Gasteiger partial charge in [-0.2, -0.15) is 0 Å². The minimum Gasteiger partial charge on any atom is -0.465 e. The topological polar surface area (TPSA) is 137 Å². The molecular formula is C23H20N6O4. The van der Waals surface area contributed by atoms with E-state index in [1.165, 1.54) is 18.2 Å². The molecule has 0 unspecified atom stereocenters. The highest BCUT2D eigenvalue weighted by Crippen LogP contribution is 2.28. The molecule has 4 aromatic rings. The highest BCUT2D eigenvalue weighted by molar-refractivity contribution is 5.94. The third-order valence-corrected chi connectivity index (χ3v) is 4.79. The number of benzene rings is 2. The molecule has 0 aliphatic rings. The first-order valence-electron chi connectivity index (χ1n) is 9.84. The minimum absolute atomic E-state index is 0.0831. The van der Waals surface area contributed by atoms with Crippen LogP contribution in [0.15, 0.2) is 59.1 Å². The summed E-state index contributed by atoms with van der Waals surface area (Å²) in [5.74, 6) is -0.178. The number of esters is 1. The fraction of sp³-hybridized carbons (Fsp3) is 0.130. The Labute approximate surface area is 189 Å². The Morgan fingerprint density at radius 3 is 2.39 bits per heavy atom. The van der Waals surface area contributed by atoms with Gasteiger partial charge in [-0.3, -0.25) is 4.79 Å². The molecule has 0 atom stereocenters. The van der Waals surface area contributed by atoms with E-state index in [9.17, 15) is 9.59 Å². The fourth-order valence-corrected chi connectivity index (χ4v) is 3.07. The summed E-state index contributed by atoms with van der Waals surface area (Å²) in [6.45, 7) is 0. The molecule has 10 heteroatoms. The van der Waals surface area contributed by atoms with Crippen LogP contribution in [-0.2, 0) is 4.74 Å². The quantitative estimate of drug-likeness (QED) is 0.460. The van der Waals surface area contributed by atoms with Gasteiger partial charge in [-0.1, -0.05) is 18.2 Å². The molecule has 0 aliphatic carbocycles. The molecule has 0 bridgehead atoms. The molecule has 0 fully saturated rings. The Hall–Kier alpha value is -4.60. The summed E-state index contributed by atoms with van der Waals surface area (Å²) in [5, 5.41) is 8.09. The summed E-state index contributed by atoms with van der Waals surface area (Å²) in [7, 11) is 4.69. The number of rotatable bonds is 5. The van der Waals surface area contributed by atoms with Gasteiger partial charge in [0.25, 0.3) is 11.8 Å². The van der Waals surface area contributed by atoms with Crippen LogP contribution in [0.2, 0.25) is 0 Å². The number of carbonyl (C=O) groups is 2. The molecule has 2 aromatic heterocycles. The van der Waals surface area contributed by atoms with Crippen LogP contribution in [0.5, 0.6) is 0 Å². The highest BCUT2D eigenvalue weighted by Gasteiger charge is 2.18. The number of nitrogens with zero attached hydrogens (tertiary/aromatic N) is 5. The summed E-state index contributed by atoms with van der Waals surface area (Å²) < 4.78 is 10.5. The average molecular weight is 444 g/mol. The predicted octanol–water partition coefficient (Wildman–Crippen LogP) is 2.93. The number of nitrogens with two attached hydrogens (primary N) is 1. The van der Waals surface area contributed by atoms with Gasteiger partial charge in [0.2, 0.25) is 5.89 Å². The largest absolute Gasteiger partial charge is 0.465 e. The van der Waals surface area contributed by atoms with Gasteiger partial charge in [0.1, 0.15) is 0 Å². The van der Waals surface area contributed by atoms with Gasteiger partial charge in [0.05, 0.1) is 24.6 Å². The first kappa shape index (κ1) is 21.6. The standard InChI is InChI=1S/C23H20N6O4/c1-29(2)22(30)14-9-7-13(8-10-14)17-12-25-19(24)18(26-17)21-28-27-20(33-21)15-5-4-6-16(11-15)23(31)32-3/h4-12H,1-3H3,(H2,24,25). The Bertz CT molecular complexity index is 1330. The van der Waals surface area contributed by atoms with Crippen LogP contribution in [0.1, 0.15) is 20.7 Å². The summed E-state index contributed by atoms with van der Waals surface area (Å²) in [6.07, 6.45) is 1.53. The van der Waals surface area contributed by atoms with E-state index in [0.29, 0.717) is 22.4 Å². The SMILES string of the molecule is COC(=O)c1cccc(-c2nnc(-c3nc(-c4ccc(C(=O)N(C)C)cc4)cnc3N)o2)c1. The number of anilines is 1. The van der Waals surface area contributed by atoms with Crippen LogP contribution in [0.4, 0.5) is 5.82 Å². The lowest BCUT2D eigenvalue weighted by Gasteiger charge is -2.10. The molecule has 166 valence electrons. The van der Waals surface area contributed by atoms with Gasteiger partial charge >= 0.3 is 5.97 Å². The van der Waals surface area contributed by atoms with E-state index >= 15 is 0 Å². The van der Waals surface area contributed by atoms with Crippen molar-refractivity contribution in [3.63, 3.8) is 0 Å². The van der Waals surface area contributed by atoms with Crippen molar-refractivity contribution in [1.82, 2.24) is 25.1 Å². The predicted molar refractivity (Wildman–Crippen MR) is 120 cm³/mol. The lowest BCUT2D eigenvalue weighted by molar-refractivity contribution is 0.0600. The Morgan fingerprint density at radius 2 is 1.70 bits per heavy atom. The van der Waals surface area contributed by atoms with Crippen molar-refractivity contribution in [2.45, 2.75) is 0 Å². The van der Waals surface area contributed by atoms with E-state index in [0.717, 1.165) is 5.56 Å². The smallest absolute Gasteiger partial charge is 0.337 e. The summed E-state index contributed by atoms with van der Waals surface area (Å²) in [6, 6.07) is 13.6. The summed E-state index contributed by atoms with van der Waals surface area (Å²) in [5.41, 5.74) is 8.96. The number of ether oxygens (including phenoxy) is 1. The molecule has 1 amide bonds. The maximum atomic E-state index is 12.1. The zero-order valence-electron chi connectivity index (χ0n) is 18.1. The maximum Gasteiger partial charge on any atom is 0.337 e. The first-order valence-corrected chi connectivity index (χ1v) is 9.84. The number of carbonyl (C=O) groups excluding carboxylic acids is 2. The number of methoxy groups -OCH3 is 1. The number of hydrogen-bond acceptors (Lipinski definition) is 9. The van der Waals surface area contributed by atoms with Crippen LogP contribution in [0.25, 0.3) is 34.3 Å². The number of amides is 1. The molecule has 0 radical (unpaired) electrons. The second-order valence-electron chi connectivity index (χ2n) is 7.25. The van der Waals surface area contributed by atoms with E-state index in [1.54, 1.807) is 62.6 Å². The van der Waals surface area contributed by atoms with Crippen molar-refractivity contribution >= 4 is 17.7 Å². The Kier molecular flexibility index (Phi) is 5.81. The lowest BCUT2D eigenvalue weighted by atomic mass is 10.1. The van der Waals surface area contributed by atoms with Crippen molar-refractivity contribution in [1.29, 1.82) is 0 Å². The van der Waals surface area contributed by atoms with E-state index in [2.05, 4.69) is 20.2 Å². The van der Waals surface area contributed by atoms with E-state index in [1.807, 2.05) is 0 Å². The third-order valence-electron chi connectivity index (χ3n) is 4.79. The molecule has 0 saturated carbocycles. The van der Waals surface area contributed by atoms with Crippen molar-refractivity contribution < 1.29 is 18.7 Å². The Balaban J connectivity index is 1.65. The molecule has 2 aromatic carbocycles.